The van der Waals surface area contributed by atoms with Crippen LogP contribution in [-0.4, -0.2) is 18.7 Å². The van der Waals surface area contributed by atoms with Crippen LogP contribution >= 0.6 is 0 Å². The highest BCUT2D eigenvalue weighted by atomic mass is 16.5. The average Bonchev–Trinajstić information content (AvgIpc) is 1.65. The van der Waals surface area contributed by atoms with Crippen molar-refractivity contribution >= 4 is 11.6 Å². The Morgan fingerprint density at radius 1 is 0.286 bits per heavy atom. The molecule has 15 rings (SSSR count). The van der Waals surface area contributed by atoms with Crippen LogP contribution in [0.15, 0.2) is 267 Å². The van der Waals surface area contributed by atoms with Gasteiger partial charge in [-0.3, -0.25) is 9.59 Å². The molecule has 0 bridgehead atoms. The second-order valence-electron chi connectivity index (χ2n) is 29.9. The third-order valence-electron chi connectivity index (χ3n) is 20.5. The number of rotatable bonds is 10. The quantitative estimate of drug-likeness (QED) is 0.128. The van der Waals surface area contributed by atoms with Crippen molar-refractivity contribution in [2.24, 2.45) is 0 Å². The number of benzene rings is 13. The molecule has 0 radical (unpaired) electrons. The Balaban J connectivity index is 0.000000137. The number of carbonyl (C=O) groups is 2. The van der Waals surface area contributed by atoms with E-state index in [1.54, 1.807) is 42.5 Å². The van der Waals surface area contributed by atoms with Gasteiger partial charge in [-0.15, -0.1) is 0 Å². The zero-order valence-electron chi connectivity index (χ0n) is 65.2. The van der Waals surface area contributed by atoms with E-state index in [2.05, 4.69) is 304 Å². The molecule has 2 aliphatic carbocycles. The van der Waals surface area contributed by atoms with Gasteiger partial charge in [-0.05, 0) is 247 Å². The molecule has 105 heavy (non-hydrogen) atoms. The van der Waals surface area contributed by atoms with E-state index in [0.717, 1.165) is 30.4 Å². The molecule has 0 aliphatic heterocycles. The molecule has 3 heteroatoms. The third-order valence-corrected chi connectivity index (χ3v) is 20.5. The molecule has 0 spiro atoms. The van der Waals surface area contributed by atoms with Crippen LogP contribution in [0.1, 0.15) is 174 Å². The predicted octanol–water partition coefficient (Wildman–Crippen LogP) is 25.9. The summed E-state index contributed by atoms with van der Waals surface area (Å²) in [5.74, 6) is 0.210. The van der Waals surface area contributed by atoms with Gasteiger partial charge in [0.1, 0.15) is 5.75 Å². The molecule has 0 heterocycles. The van der Waals surface area contributed by atoms with Crippen molar-refractivity contribution in [1.82, 2.24) is 0 Å². The van der Waals surface area contributed by atoms with Gasteiger partial charge in [0.05, 0.1) is 7.11 Å². The normalized spacial score (nSPS) is 11.2. The van der Waals surface area contributed by atoms with Gasteiger partial charge in [0.25, 0.3) is 0 Å². The predicted molar refractivity (Wildman–Crippen MR) is 446 cm³/mol. The fourth-order valence-electron chi connectivity index (χ4n) is 13.7. The number of fused-ring (bicyclic) bond motifs is 6. The van der Waals surface area contributed by atoms with Gasteiger partial charge < -0.3 is 4.74 Å². The summed E-state index contributed by atoms with van der Waals surface area (Å²) < 4.78 is 5.30. The largest absolute Gasteiger partial charge is 0.497 e. The lowest BCUT2D eigenvalue weighted by Gasteiger charge is -2.27. The fourth-order valence-corrected chi connectivity index (χ4v) is 13.7. The van der Waals surface area contributed by atoms with Crippen molar-refractivity contribution in [1.29, 1.82) is 0 Å². The van der Waals surface area contributed by atoms with Crippen LogP contribution in [0.3, 0.4) is 0 Å². The van der Waals surface area contributed by atoms with Crippen LogP contribution in [0.25, 0.3) is 33.4 Å². The average molecular weight is 1380 g/mol. The van der Waals surface area contributed by atoms with Gasteiger partial charge in [-0.2, -0.15) is 0 Å². The number of methoxy groups -OCH3 is 1. The zero-order valence-corrected chi connectivity index (χ0v) is 65.2. The maximum absolute atomic E-state index is 12.8. The monoisotopic (exact) mass is 1380 g/mol. The highest BCUT2D eigenvalue weighted by molar-refractivity contribution is 6.13. The van der Waals surface area contributed by atoms with Gasteiger partial charge in [0.15, 0.2) is 11.6 Å². The van der Waals surface area contributed by atoms with Crippen LogP contribution in [0.4, 0.5) is 0 Å². The minimum absolute atomic E-state index is 0.0525. The summed E-state index contributed by atoms with van der Waals surface area (Å²) in [6.45, 7) is 36.6. The minimum atomic E-state index is -0.137. The SMILES string of the molecule is COc1cc(C(=O)c2ccc(C)cc2)cc(C(=O)c2ccc(C)cc2)c1.Cc1ccc(-c2ccc(C)cc2)cc1.Cc1ccc(C(C)(C)c2ccc(C)c(C)c2)cc1C.Cc1ccc(Cc2ccc(C)cc2)cc1.Cc1ccc2c(c1)Cc1cc(C)cc(C)c1-2.Cc1ccc2c(c1)Cc1cc(C)ccc1-2. The number of carbonyl (C=O) groups excluding carboxylic acids is 2. The second kappa shape index (κ2) is 34.5. The summed E-state index contributed by atoms with van der Waals surface area (Å²) in [7, 11) is 1.52. The van der Waals surface area contributed by atoms with E-state index < -0.39 is 0 Å². The zero-order chi connectivity index (χ0) is 75.2. The van der Waals surface area contributed by atoms with E-state index >= 15 is 0 Å². The molecule has 0 N–H and O–H groups in total. The van der Waals surface area contributed by atoms with Crippen LogP contribution in [0.2, 0.25) is 0 Å². The standard InChI is InChI=1S/C23H20O3.C19H24.C16H16.C15H14.C15H16.C14H14/c1-15-4-8-17(9-5-15)22(24)19-12-20(14-21(13-19)26-3)23(25)18-10-6-16(2)7-11-18;1-13-7-9-17(11-15(13)3)19(5,6)18-10-8-14(2)16(4)12-18;1-10-4-5-15-13(7-10)9-14-8-11(2)6-12(3)16(14)15;1-10-3-5-14-12(7-10)9-13-8-11(2)4-6-15(13)14;1-12-3-7-14(8-4-12)11-15-9-5-13(2)6-10-15;1-11-3-7-13(8-4-11)14-9-5-12(2)6-10-14/h4-14H,1-3H3;7-12H,1-6H3;4-8H,9H2,1-3H3;3-8H,9H2,1-2H3;3-10H,11H2,1-2H3;3-10H,1-2H3. The third kappa shape index (κ3) is 20.0. The topological polar surface area (TPSA) is 43.4 Å². The van der Waals surface area contributed by atoms with Gasteiger partial charge >= 0.3 is 0 Å². The van der Waals surface area contributed by atoms with E-state index in [-0.39, 0.29) is 17.0 Å². The van der Waals surface area contributed by atoms with E-state index in [0.29, 0.717) is 28.0 Å². The van der Waals surface area contributed by atoms with Crippen molar-refractivity contribution in [3.05, 3.63) is 417 Å². The fraction of sp³-hybridized carbons (Fsp3) is 0.216. The molecule has 0 saturated carbocycles. The van der Waals surface area contributed by atoms with Gasteiger partial charge in [0.2, 0.25) is 0 Å². The molecule has 13 aromatic rings. The molecule has 0 unspecified atom stereocenters. The van der Waals surface area contributed by atoms with Crippen molar-refractivity contribution < 1.29 is 14.3 Å². The number of hydrogen-bond acceptors (Lipinski definition) is 3. The Hall–Kier alpha value is -11.0. The summed E-state index contributed by atoms with van der Waals surface area (Å²) in [4.78, 5) is 25.6. The Kier molecular flexibility index (Phi) is 25.2. The Bertz CT molecular complexity index is 4910. The Morgan fingerprint density at radius 3 is 0.981 bits per heavy atom. The highest BCUT2D eigenvalue weighted by Gasteiger charge is 2.25. The first-order chi connectivity index (χ1) is 50.2. The minimum Gasteiger partial charge on any atom is -0.497 e. The molecule has 0 amide bonds. The van der Waals surface area contributed by atoms with Crippen molar-refractivity contribution in [3.63, 3.8) is 0 Å². The molecule has 3 nitrogen and oxygen atoms in total. The number of ketones is 2. The smallest absolute Gasteiger partial charge is 0.193 e. The summed E-state index contributed by atoms with van der Waals surface area (Å²) in [5, 5.41) is 0. The molecule has 2 aliphatic rings. The molecule has 13 aromatic carbocycles. The van der Waals surface area contributed by atoms with E-state index in [1.807, 2.05) is 38.1 Å². The van der Waals surface area contributed by atoms with Crippen LogP contribution in [0, 0.1) is 104 Å². The molecule has 0 saturated heterocycles. The summed E-state index contributed by atoms with van der Waals surface area (Å²) in [6, 6.07) is 93.0. The van der Waals surface area contributed by atoms with Crippen LogP contribution in [-0.2, 0) is 24.7 Å². The van der Waals surface area contributed by atoms with E-state index in [4.69, 9.17) is 4.74 Å². The van der Waals surface area contributed by atoms with Gasteiger partial charge in [0, 0.05) is 27.7 Å². The summed E-state index contributed by atoms with van der Waals surface area (Å²) in [6.07, 6.45) is 3.24. The first-order valence-electron chi connectivity index (χ1n) is 36.9. The molecular weight excluding hydrogens is 1270 g/mol. The first kappa shape index (κ1) is 76.6. The van der Waals surface area contributed by atoms with E-state index in [1.165, 1.54) is 157 Å². The highest BCUT2D eigenvalue weighted by Crippen LogP contribution is 2.41. The second-order valence-corrected chi connectivity index (χ2v) is 29.9. The Morgan fingerprint density at radius 2 is 0.610 bits per heavy atom. The van der Waals surface area contributed by atoms with Crippen LogP contribution in [0.5, 0.6) is 5.75 Å². The Labute approximate surface area is 627 Å². The van der Waals surface area contributed by atoms with Crippen molar-refractivity contribution in [3.8, 4) is 39.1 Å². The number of hydrogen-bond donors (Lipinski definition) is 0. The maximum atomic E-state index is 12.8. The summed E-state index contributed by atoms with van der Waals surface area (Å²) >= 11 is 0. The van der Waals surface area contributed by atoms with E-state index in [9.17, 15) is 9.59 Å². The lowest BCUT2D eigenvalue weighted by molar-refractivity contribution is 0.103. The molecule has 0 fully saturated rings. The van der Waals surface area contributed by atoms with Crippen LogP contribution < -0.4 is 4.74 Å². The first-order valence-corrected chi connectivity index (χ1v) is 36.9. The lowest BCUT2D eigenvalue weighted by Crippen LogP contribution is -2.19. The van der Waals surface area contributed by atoms with Crippen molar-refractivity contribution in [2.45, 2.75) is 142 Å². The van der Waals surface area contributed by atoms with Crippen molar-refractivity contribution in [2.75, 3.05) is 7.11 Å². The van der Waals surface area contributed by atoms with Gasteiger partial charge in [-0.25, -0.2) is 0 Å². The molecule has 0 atom stereocenters. The molecule has 530 valence electrons. The summed E-state index contributed by atoms with van der Waals surface area (Å²) in [5.41, 5.74) is 41.7. The maximum Gasteiger partial charge on any atom is 0.193 e. The van der Waals surface area contributed by atoms with Gasteiger partial charge in [-0.1, -0.05) is 318 Å². The number of ether oxygens (including phenoxy) is 1. The lowest BCUT2D eigenvalue weighted by atomic mass is 9.76. The molecule has 0 aromatic heterocycles. The number of aryl methyl sites for hydroxylation is 15. The molecular formula is C102H104O3.